The fourth-order valence-electron chi connectivity index (χ4n) is 2.41. The van der Waals surface area contributed by atoms with Crippen molar-refractivity contribution in [3.63, 3.8) is 0 Å². The molecule has 0 saturated carbocycles. The molecule has 26 heavy (non-hydrogen) atoms. The molecule has 2 heterocycles. The lowest BCUT2D eigenvalue weighted by atomic mass is 9.98. The fraction of sp³-hybridized carbons (Fsp3) is 0.529. The number of ether oxygens (including phenoxy) is 1. The predicted molar refractivity (Wildman–Crippen MR) is 104 cm³/mol. The van der Waals surface area contributed by atoms with Crippen molar-refractivity contribution in [3.8, 4) is 0 Å². The second kappa shape index (κ2) is 9.18. The van der Waals surface area contributed by atoms with Crippen LogP contribution in [0.3, 0.4) is 0 Å². The van der Waals surface area contributed by atoms with Gasteiger partial charge in [0.1, 0.15) is 4.83 Å². The van der Waals surface area contributed by atoms with Gasteiger partial charge >= 0.3 is 6.09 Å². The molecule has 2 rings (SSSR count). The topological polar surface area (TPSA) is 101 Å². The zero-order valence-electron chi connectivity index (χ0n) is 15.3. The summed E-state index contributed by atoms with van der Waals surface area (Å²) in [5, 5.41) is 3.11. The second-order valence-electron chi connectivity index (χ2n) is 5.96. The van der Waals surface area contributed by atoms with E-state index in [1.165, 1.54) is 11.3 Å². The van der Waals surface area contributed by atoms with Crippen LogP contribution in [-0.2, 0) is 16.0 Å². The molecule has 1 atom stereocenters. The van der Waals surface area contributed by atoms with Gasteiger partial charge in [0.15, 0.2) is 5.16 Å². The van der Waals surface area contributed by atoms with Crippen molar-refractivity contribution < 1.29 is 14.3 Å². The van der Waals surface area contributed by atoms with Crippen LogP contribution >= 0.6 is 23.1 Å². The van der Waals surface area contributed by atoms with Crippen LogP contribution in [0.4, 0.5) is 4.79 Å². The molecule has 0 radical (unpaired) electrons. The lowest BCUT2D eigenvalue weighted by Crippen LogP contribution is -2.32. The van der Waals surface area contributed by atoms with Gasteiger partial charge in [0, 0.05) is 4.88 Å². The van der Waals surface area contributed by atoms with Crippen LogP contribution < -0.4 is 10.9 Å². The number of alkyl carbamates (subject to hydrolysis) is 1. The van der Waals surface area contributed by atoms with E-state index in [-0.39, 0.29) is 17.9 Å². The van der Waals surface area contributed by atoms with Crippen LogP contribution in [0.5, 0.6) is 0 Å². The fourth-order valence-corrected chi connectivity index (χ4v) is 4.19. The monoisotopic (exact) mass is 397 g/mol. The summed E-state index contributed by atoms with van der Waals surface area (Å²) < 4.78 is 4.65. The standard InChI is InChI=1S/C17H23N3O4S2/c1-5-9(3)7-11-10(4)26-15-13(11)14(22)19-16(20-15)25-8-12(21)18-17(23)24-6-2/h9H,5-8H2,1-4H3,(H,18,21,23)(H,19,20,22)/t9-/m1/s1. The van der Waals surface area contributed by atoms with E-state index in [2.05, 4.69) is 33.9 Å². The number of aromatic amines is 1. The molecule has 9 heteroatoms. The van der Waals surface area contributed by atoms with Crippen molar-refractivity contribution in [1.29, 1.82) is 0 Å². The first-order valence-electron chi connectivity index (χ1n) is 8.47. The summed E-state index contributed by atoms with van der Waals surface area (Å²) in [5.41, 5.74) is 0.871. The predicted octanol–water partition coefficient (Wildman–Crippen LogP) is 3.25. The van der Waals surface area contributed by atoms with E-state index in [1.54, 1.807) is 6.92 Å². The molecule has 0 aliphatic heterocycles. The van der Waals surface area contributed by atoms with E-state index in [9.17, 15) is 14.4 Å². The van der Waals surface area contributed by atoms with Crippen LogP contribution in [0.1, 0.15) is 37.6 Å². The Morgan fingerprint density at radius 2 is 2.12 bits per heavy atom. The summed E-state index contributed by atoms with van der Waals surface area (Å²) in [6.45, 7) is 8.14. The van der Waals surface area contributed by atoms with Crippen LogP contribution in [0, 0.1) is 12.8 Å². The van der Waals surface area contributed by atoms with Crippen LogP contribution in [0.15, 0.2) is 9.95 Å². The average molecular weight is 398 g/mol. The summed E-state index contributed by atoms with van der Waals surface area (Å²) in [4.78, 5) is 44.4. The molecule has 0 saturated heterocycles. The molecule has 0 aliphatic carbocycles. The van der Waals surface area contributed by atoms with Gasteiger partial charge in [-0.2, -0.15) is 0 Å². The average Bonchev–Trinajstić information content (AvgIpc) is 2.89. The zero-order valence-corrected chi connectivity index (χ0v) is 16.9. The highest BCUT2D eigenvalue weighted by atomic mass is 32.2. The number of amides is 2. The van der Waals surface area contributed by atoms with E-state index in [4.69, 9.17) is 0 Å². The molecule has 142 valence electrons. The van der Waals surface area contributed by atoms with Crippen LogP contribution in [0.2, 0.25) is 0 Å². The molecule has 0 fully saturated rings. The summed E-state index contributed by atoms with van der Waals surface area (Å²) in [7, 11) is 0. The largest absolute Gasteiger partial charge is 0.450 e. The number of thiophene rings is 1. The summed E-state index contributed by atoms with van der Waals surface area (Å²) in [5.74, 6) is -0.0558. The smallest absolute Gasteiger partial charge is 0.413 e. The van der Waals surface area contributed by atoms with Crippen molar-refractivity contribution in [1.82, 2.24) is 15.3 Å². The summed E-state index contributed by atoms with van der Waals surface area (Å²) >= 11 is 2.56. The Balaban J connectivity index is 2.15. The minimum atomic E-state index is -0.779. The number of aryl methyl sites for hydroxylation is 1. The van der Waals surface area contributed by atoms with Gasteiger partial charge in [-0.25, -0.2) is 9.78 Å². The van der Waals surface area contributed by atoms with Gasteiger partial charge < -0.3 is 9.72 Å². The van der Waals surface area contributed by atoms with Gasteiger partial charge in [0.25, 0.3) is 5.56 Å². The maximum Gasteiger partial charge on any atom is 0.413 e. The van der Waals surface area contributed by atoms with E-state index in [0.717, 1.165) is 35.0 Å². The van der Waals surface area contributed by atoms with E-state index < -0.39 is 12.0 Å². The maximum absolute atomic E-state index is 12.5. The zero-order chi connectivity index (χ0) is 19.3. The number of nitrogens with one attached hydrogen (secondary N) is 2. The Labute approximate surface area is 159 Å². The van der Waals surface area contributed by atoms with Gasteiger partial charge in [-0.3, -0.25) is 14.9 Å². The van der Waals surface area contributed by atoms with Gasteiger partial charge in [-0.1, -0.05) is 32.0 Å². The number of hydrogen-bond donors (Lipinski definition) is 2. The Morgan fingerprint density at radius 3 is 2.77 bits per heavy atom. The molecule has 2 amide bonds. The van der Waals surface area contributed by atoms with Crippen molar-refractivity contribution >= 4 is 45.3 Å². The Kier molecular flexibility index (Phi) is 7.22. The number of fused-ring (bicyclic) bond motifs is 1. The SMILES string of the molecule is CCOC(=O)NC(=O)CSc1nc2sc(C)c(C[C@H](C)CC)c2c(=O)[nH]1. The lowest BCUT2D eigenvalue weighted by Gasteiger charge is -2.08. The normalized spacial score (nSPS) is 12.2. The van der Waals surface area contributed by atoms with Crippen molar-refractivity contribution in [2.24, 2.45) is 5.92 Å². The summed E-state index contributed by atoms with van der Waals surface area (Å²) in [6.07, 6.45) is 1.12. The lowest BCUT2D eigenvalue weighted by molar-refractivity contribution is -0.117. The quantitative estimate of drug-likeness (QED) is 0.549. The highest BCUT2D eigenvalue weighted by molar-refractivity contribution is 7.99. The van der Waals surface area contributed by atoms with Crippen LogP contribution in [0.25, 0.3) is 10.2 Å². The van der Waals surface area contributed by atoms with Crippen molar-refractivity contribution in [2.75, 3.05) is 12.4 Å². The number of thioether (sulfide) groups is 1. The molecule has 0 aromatic carbocycles. The number of H-pyrrole nitrogens is 1. The molecule has 0 bridgehead atoms. The highest BCUT2D eigenvalue weighted by Gasteiger charge is 2.17. The molecular weight excluding hydrogens is 374 g/mol. The molecule has 2 aromatic heterocycles. The third-order valence-corrected chi connectivity index (χ3v) is 5.86. The Hall–Kier alpha value is -1.87. The molecular formula is C17H23N3O4S2. The minimum Gasteiger partial charge on any atom is -0.450 e. The van der Waals surface area contributed by atoms with E-state index >= 15 is 0 Å². The Morgan fingerprint density at radius 1 is 1.38 bits per heavy atom. The molecule has 7 nitrogen and oxygen atoms in total. The third-order valence-electron chi connectivity index (χ3n) is 3.95. The maximum atomic E-state index is 12.5. The van der Waals surface area contributed by atoms with Gasteiger partial charge in [-0.15, -0.1) is 11.3 Å². The molecule has 2 N–H and O–H groups in total. The van der Waals surface area contributed by atoms with Crippen molar-refractivity contribution in [2.45, 2.75) is 45.7 Å². The summed E-state index contributed by atoms with van der Waals surface area (Å²) in [6, 6.07) is 0. The second-order valence-corrected chi connectivity index (χ2v) is 8.13. The highest BCUT2D eigenvalue weighted by Crippen LogP contribution is 2.30. The van der Waals surface area contributed by atoms with E-state index in [1.807, 2.05) is 6.92 Å². The Bertz CT molecular complexity index is 860. The number of carbonyl (C=O) groups excluding carboxylic acids is 2. The van der Waals surface area contributed by atoms with Crippen LogP contribution in [-0.4, -0.2) is 34.3 Å². The minimum absolute atomic E-state index is 0.0443. The number of imide groups is 1. The van der Waals surface area contributed by atoms with Gasteiger partial charge in [-0.05, 0) is 31.7 Å². The molecule has 0 aliphatic rings. The number of nitrogens with zero attached hydrogens (tertiary/aromatic N) is 1. The molecule has 0 unspecified atom stereocenters. The number of aromatic nitrogens is 2. The van der Waals surface area contributed by atoms with Crippen molar-refractivity contribution in [3.05, 3.63) is 20.8 Å². The first kappa shape index (κ1) is 20.4. The first-order valence-corrected chi connectivity index (χ1v) is 10.3. The number of carbonyl (C=O) groups is 2. The molecule has 0 spiro atoms. The number of rotatable bonds is 7. The number of hydrogen-bond acceptors (Lipinski definition) is 7. The van der Waals surface area contributed by atoms with Gasteiger partial charge in [0.05, 0.1) is 17.7 Å². The third kappa shape index (κ3) is 5.07. The first-order chi connectivity index (χ1) is 12.3. The van der Waals surface area contributed by atoms with E-state index in [0.29, 0.717) is 21.3 Å². The van der Waals surface area contributed by atoms with Gasteiger partial charge in [0.2, 0.25) is 5.91 Å². The molecule has 2 aromatic rings.